The van der Waals surface area contributed by atoms with Gasteiger partial charge in [0.2, 0.25) is 6.10 Å². The number of nitrogens with zero attached hydrogens (tertiary/aromatic N) is 1. The SMILES string of the molecule is CC(OC(=O)C1COc2ccccc2O1)C(=O)N(C)Cc1ccccc1. The molecule has 0 aliphatic carbocycles. The number of hydrogen-bond acceptors (Lipinski definition) is 5. The molecule has 136 valence electrons. The van der Waals surface area contributed by atoms with Gasteiger partial charge in [0, 0.05) is 13.6 Å². The van der Waals surface area contributed by atoms with Gasteiger partial charge in [-0.1, -0.05) is 42.5 Å². The normalized spacial score (nSPS) is 16.5. The summed E-state index contributed by atoms with van der Waals surface area (Å²) in [6, 6.07) is 16.7. The second-order valence-electron chi connectivity index (χ2n) is 6.12. The molecular formula is C20H21NO5. The standard InChI is InChI=1S/C20H21NO5/c1-14(19(22)21(2)12-15-8-4-3-5-9-15)25-20(23)18-13-24-16-10-6-7-11-17(16)26-18/h3-11,14,18H,12-13H2,1-2H3. The van der Waals surface area contributed by atoms with Gasteiger partial charge in [-0.25, -0.2) is 4.79 Å². The number of esters is 1. The maximum Gasteiger partial charge on any atom is 0.351 e. The van der Waals surface area contributed by atoms with Gasteiger partial charge < -0.3 is 19.1 Å². The molecule has 0 N–H and O–H groups in total. The topological polar surface area (TPSA) is 65.1 Å². The van der Waals surface area contributed by atoms with Crippen molar-refractivity contribution >= 4 is 11.9 Å². The first-order valence-electron chi connectivity index (χ1n) is 8.42. The molecule has 0 fully saturated rings. The molecule has 0 spiro atoms. The van der Waals surface area contributed by atoms with Gasteiger partial charge in [-0.15, -0.1) is 0 Å². The Morgan fingerprint density at radius 1 is 1.12 bits per heavy atom. The Bertz CT molecular complexity index is 777. The zero-order valence-electron chi connectivity index (χ0n) is 14.8. The third-order valence-corrected chi connectivity index (χ3v) is 4.05. The van der Waals surface area contributed by atoms with E-state index < -0.39 is 18.2 Å². The van der Waals surface area contributed by atoms with Gasteiger partial charge in [0.25, 0.3) is 5.91 Å². The quantitative estimate of drug-likeness (QED) is 0.771. The molecule has 0 aromatic heterocycles. The molecule has 2 unspecified atom stereocenters. The molecular weight excluding hydrogens is 334 g/mol. The number of rotatable bonds is 5. The van der Waals surface area contributed by atoms with Crippen LogP contribution >= 0.6 is 0 Å². The molecule has 2 aromatic carbocycles. The van der Waals surface area contributed by atoms with Gasteiger partial charge in [-0.3, -0.25) is 4.79 Å². The summed E-state index contributed by atoms with van der Waals surface area (Å²) in [5.74, 6) is 0.178. The summed E-state index contributed by atoms with van der Waals surface area (Å²) < 4.78 is 16.4. The zero-order valence-corrected chi connectivity index (χ0v) is 14.8. The van der Waals surface area contributed by atoms with E-state index in [1.807, 2.05) is 36.4 Å². The molecule has 3 rings (SSSR count). The van der Waals surface area contributed by atoms with Gasteiger partial charge in [0.05, 0.1) is 0 Å². The largest absolute Gasteiger partial charge is 0.485 e. The van der Waals surface area contributed by atoms with Crippen LogP contribution in [0.25, 0.3) is 0 Å². The van der Waals surface area contributed by atoms with Crippen molar-refractivity contribution in [1.82, 2.24) is 4.90 Å². The maximum atomic E-state index is 12.4. The minimum atomic E-state index is -0.906. The number of hydrogen-bond donors (Lipinski definition) is 0. The van der Waals surface area contributed by atoms with Crippen molar-refractivity contribution in [3.05, 3.63) is 60.2 Å². The Labute approximate surface area is 152 Å². The lowest BCUT2D eigenvalue weighted by molar-refractivity contribution is -0.166. The summed E-state index contributed by atoms with van der Waals surface area (Å²) in [6.45, 7) is 2.05. The molecule has 2 aromatic rings. The highest BCUT2D eigenvalue weighted by atomic mass is 16.6. The van der Waals surface area contributed by atoms with Gasteiger partial charge in [0.15, 0.2) is 17.6 Å². The maximum absolute atomic E-state index is 12.4. The van der Waals surface area contributed by atoms with Crippen molar-refractivity contribution in [2.24, 2.45) is 0 Å². The molecule has 1 amide bonds. The third kappa shape index (κ3) is 4.14. The monoisotopic (exact) mass is 355 g/mol. The molecule has 2 atom stereocenters. The first kappa shape index (κ1) is 17.8. The Hall–Kier alpha value is -3.02. The van der Waals surface area contributed by atoms with Crippen LogP contribution in [0.15, 0.2) is 54.6 Å². The van der Waals surface area contributed by atoms with E-state index >= 15 is 0 Å². The number of para-hydroxylation sites is 2. The number of ether oxygens (including phenoxy) is 3. The number of fused-ring (bicyclic) bond motifs is 1. The van der Waals surface area contributed by atoms with Gasteiger partial charge >= 0.3 is 5.97 Å². The van der Waals surface area contributed by atoms with E-state index in [0.717, 1.165) is 5.56 Å². The number of carbonyl (C=O) groups excluding carboxylic acids is 2. The highest BCUT2D eigenvalue weighted by Crippen LogP contribution is 2.31. The minimum Gasteiger partial charge on any atom is -0.485 e. The first-order chi connectivity index (χ1) is 12.5. The van der Waals surface area contributed by atoms with Gasteiger partial charge in [0.1, 0.15) is 6.61 Å². The number of likely N-dealkylation sites (N-methyl/N-ethyl adjacent to an activating group) is 1. The molecule has 26 heavy (non-hydrogen) atoms. The number of benzene rings is 2. The van der Waals surface area contributed by atoms with E-state index in [-0.39, 0.29) is 12.5 Å². The predicted octanol–water partition coefficient (Wildman–Crippen LogP) is 2.42. The highest BCUT2D eigenvalue weighted by molar-refractivity contribution is 5.84. The Morgan fingerprint density at radius 2 is 1.77 bits per heavy atom. The van der Waals surface area contributed by atoms with E-state index in [9.17, 15) is 9.59 Å². The molecule has 1 heterocycles. The first-order valence-corrected chi connectivity index (χ1v) is 8.42. The predicted molar refractivity (Wildman–Crippen MR) is 94.8 cm³/mol. The molecule has 6 nitrogen and oxygen atoms in total. The Balaban J connectivity index is 1.54. The van der Waals surface area contributed by atoms with Crippen LogP contribution < -0.4 is 9.47 Å². The molecule has 0 bridgehead atoms. The number of carbonyl (C=O) groups is 2. The molecule has 0 saturated carbocycles. The van der Waals surface area contributed by atoms with E-state index in [1.165, 1.54) is 4.90 Å². The van der Waals surface area contributed by atoms with Crippen molar-refractivity contribution in [2.75, 3.05) is 13.7 Å². The molecule has 0 radical (unpaired) electrons. The van der Waals surface area contributed by atoms with Crippen LogP contribution in [0, 0.1) is 0 Å². The highest BCUT2D eigenvalue weighted by Gasteiger charge is 2.31. The van der Waals surface area contributed by atoms with Gasteiger partial charge in [-0.05, 0) is 24.6 Å². The molecule has 0 saturated heterocycles. The van der Waals surface area contributed by atoms with Crippen LogP contribution in [0.4, 0.5) is 0 Å². The fourth-order valence-electron chi connectivity index (χ4n) is 2.68. The van der Waals surface area contributed by atoms with Crippen LogP contribution in [0.5, 0.6) is 11.5 Å². The molecule has 1 aliphatic heterocycles. The van der Waals surface area contributed by atoms with E-state index in [2.05, 4.69) is 0 Å². The summed E-state index contributed by atoms with van der Waals surface area (Å²) in [7, 11) is 1.68. The van der Waals surface area contributed by atoms with Crippen LogP contribution in [0.1, 0.15) is 12.5 Å². The fraction of sp³-hybridized carbons (Fsp3) is 0.300. The fourth-order valence-corrected chi connectivity index (χ4v) is 2.68. The second-order valence-corrected chi connectivity index (χ2v) is 6.12. The lowest BCUT2D eigenvalue weighted by Gasteiger charge is -2.27. The van der Waals surface area contributed by atoms with Crippen molar-refractivity contribution in [3.8, 4) is 11.5 Å². The van der Waals surface area contributed by atoms with Crippen molar-refractivity contribution in [1.29, 1.82) is 0 Å². The van der Waals surface area contributed by atoms with Crippen LogP contribution in [0.2, 0.25) is 0 Å². The van der Waals surface area contributed by atoms with Crippen molar-refractivity contribution in [2.45, 2.75) is 25.7 Å². The average molecular weight is 355 g/mol. The molecule has 1 aliphatic rings. The van der Waals surface area contributed by atoms with Crippen molar-refractivity contribution in [3.63, 3.8) is 0 Å². The summed E-state index contributed by atoms with van der Waals surface area (Å²) >= 11 is 0. The van der Waals surface area contributed by atoms with Crippen molar-refractivity contribution < 1.29 is 23.8 Å². The lowest BCUT2D eigenvalue weighted by atomic mass is 10.2. The van der Waals surface area contributed by atoms with E-state index in [1.54, 1.807) is 32.2 Å². The Morgan fingerprint density at radius 3 is 2.50 bits per heavy atom. The molecule has 6 heteroatoms. The number of amides is 1. The Kier molecular flexibility index (Phi) is 5.41. The average Bonchev–Trinajstić information content (AvgIpc) is 2.67. The van der Waals surface area contributed by atoms with Crippen LogP contribution in [-0.4, -0.2) is 42.6 Å². The summed E-state index contributed by atoms with van der Waals surface area (Å²) in [4.78, 5) is 26.3. The van der Waals surface area contributed by atoms with E-state index in [4.69, 9.17) is 14.2 Å². The smallest absolute Gasteiger partial charge is 0.351 e. The third-order valence-electron chi connectivity index (χ3n) is 4.05. The van der Waals surface area contributed by atoms with Gasteiger partial charge in [-0.2, -0.15) is 0 Å². The summed E-state index contributed by atoms with van der Waals surface area (Å²) in [6.07, 6.45) is -1.79. The lowest BCUT2D eigenvalue weighted by Crippen LogP contribution is -2.43. The van der Waals surface area contributed by atoms with Crippen LogP contribution in [0.3, 0.4) is 0 Å². The summed E-state index contributed by atoms with van der Waals surface area (Å²) in [5.41, 5.74) is 1.00. The van der Waals surface area contributed by atoms with Crippen LogP contribution in [-0.2, 0) is 20.9 Å². The zero-order chi connectivity index (χ0) is 18.5. The minimum absolute atomic E-state index is 0.0522. The van der Waals surface area contributed by atoms with E-state index in [0.29, 0.717) is 18.0 Å². The second kappa shape index (κ2) is 7.91. The summed E-state index contributed by atoms with van der Waals surface area (Å²) in [5, 5.41) is 0.